The lowest BCUT2D eigenvalue weighted by atomic mass is 10.3. The first-order chi connectivity index (χ1) is 9.20. The highest BCUT2D eigenvalue weighted by molar-refractivity contribution is 5.30. The second kappa shape index (κ2) is 5.02. The van der Waals surface area contributed by atoms with Crippen molar-refractivity contribution < 1.29 is 5.11 Å². The summed E-state index contributed by atoms with van der Waals surface area (Å²) in [6.45, 7) is 3.72. The highest BCUT2D eigenvalue weighted by Crippen LogP contribution is 2.11. The van der Waals surface area contributed by atoms with Gasteiger partial charge in [0.2, 0.25) is 0 Å². The number of aliphatic hydroxyl groups excluding tert-OH is 1. The summed E-state index contributed by atoms with van der Waals surface area (Å²) >= 11 is 0. The van der Waals surface area contributed by atoms with E-state index in [9.17, 15) is 5.11 Å². The summed E-state index contributed by atoms with van der Waals surface area (Å²) in [5.41, 5.74) is 6.21. The fraction of sp³-hybridized carbons (Fsp3) is 0.500. The molecule has 0 aliphatic carbocycles. The van der Waals surface area contributed by atoms with Crippen LogP contribution in [-0.2, 0) is 19.6 Å². The summed E-state index contributed by atoms with van der Waals surface area (Å²) < 4.78 is 3.82. The average molecular weight is 262 g/mol. The summed E-state index contributed by atoms with van der Waals surface area (Å²) in [4.78, 5) is 6.52. The van der Waals surface area contributed by atoms with Gasteiger partial charge in [-0.25, -0.2) is 4.98 Å². The number of imidazole rings is 1. The van der Waals surface area contributed by atoms with Crippen LogP contribution in [0, 0.1) is 0 Å². The molecule has 3 N–H and O–H groups in total. The van der Waals surface area contributed by atoms with Crippen molar-refractivity contribution in [3.63, 3.8) is 0 Å². The van der Waals surface area contributed by atoms with E-state index in [1.54, 1.807) is 17.1 Å². The SMILES string of the molecule is Nc1cnn(CC(O)CN2CCn3ccnc3C2)c1. The van der Waals surface area contributed by atoms with E-state index in [0.717, 1.165) is 25.5 Å². The van der Waals surface area contributed by atoms with Crippen LogP contribution in [0.4, 0.5) is 5.69 Å². The molecule has 0 aromatic carbocycles. The molecule has 0 spiro atoms. The Morgan fingerprint density at radius 3 is 3.05 bits per heavy atom. The maximum atomic E-state index is 10.1. The van der Waals surface area contributed by atoms with Gasteiger partial charge in [0.25, 0.3) is 0 Å². The molecule has 102 valence electrons. The zero-order valence-electron chi connectivity index (χ0n) is 10.7. The van der Waals surface area contributed by atoms with Crippen LogP contribution < -0.4 is 5.73 Å². The predicted molar refractivity (Wildman–Crippen MR) is 70.2 cm³/mol. The van der Waals surface area contributed by atoms with Gasteiger partial charge in [0, 0.05) is 38.2 Å². The Labute approximate surface area is 111 Å². The van der Waals surface area contributed by atoms with Gasteiger partial charge in [0.05, 0.1) is 31.1 Å². The van der Waals surface area contributed by atoms with Gasteiger partial charge < -0.3 is 15.4 Å². The number of hydrogen-bond acceptors (Lipinski definition) is 5. The van der Waals surface area contributed by atoms with E-state index in [4.69, 9.17) is 5.73 Å². The third-order valence-electron chi connectivity index (χ3n) is 3.34. The molecule has 0 bridgehead atoms. The van der Waals surface area contributed by atoms with Crippen molar-refractivity contribution in [1.29, 1.82) is 0 Å². The molecule has 0 amide bonds. The quantitative estimate of drug-likeness (QED) is 0.778. The summed E-state index contributed by atoms with van der Waals surface area (Å²) in [6.07, 6.45) is 6.68. The molecule has 0 saturated carbocycles. The summed E-state index contributed by atoms with van der Waals surface area (Å²) in [5.74, 6) is 1.06. The Hall–Kier alpha value is -1.86. The minimum atomic E-state index is -0.458. The normalized spacial score (nSPS) is 17.3. The minimum Gasteiger partial charge on any atom is -0.396 e. The third-order valence-corrected chi connectivity index (χ3v) is 3.34. The molecule has 7 nitrogen and oxygen atoms in total. The molecular formula is C12H18N6O. The lowest BCUT2D eigenvalue weighted by molar-refractivity contribution is 0.0812. The van der Waals surface area contributed by atoms with E-state index < -0.39 is 6.10 Å². The highest BCUT2D eigenvalue weighted by Gasteiger charge is 2.19. The first-order valence-electron chi connectivity index (χ1n) is 6.39. The van der Waals surface area contributed by atoms with E-state index >= 15 is 0 Å². The van der Waals surface area contributed by atoms with Gasteiger partial charge in [-0.15, -0.1) is 0 Å². The molecule has 0 radical (unpaired) electrons. The Morgan fingerprint density at radius 1 is 1.37 bits per heavy atom. The van der Waals surface area contributed by atoms with Crippen LogP contribution in [0.2, 0.25) is 0 Å². The first kappa shape index (κ1) is 12.2. The van der Waals surface area contributed by atoms with Crippen molar-refractivity contribution in [2.75, 3.05) is 18.8 Å². The van der Waals surface area contributed by atoms with E-state index in [2.05, 4.69) is 19.5 Å². The standard InChI is InChI=1S/C12H18N6O/c13-10-5-15-18(6-10)8-11(19)7-16-3-4-17-2-1-14-12(17)9-16/h1-2,5-6,11,19H,3-4,7-9,13H2. The van der Waals surface area contributed by atoms with Crippen LogP contribution >= 0.6 is 0 Å². The molecule has 1 atom stereocenters. The minimum absolute atomic E-state index is 0.458. The highest BCUT2D eigenvalue weighted by atomic mass is 16.3. The Bertz CT molecular complexity index is 548. The van der Waals surface area contributed by atoms with Crippen LogP contribution in [0.1, 0.15) is 5.82 Å². The molecule has 3 heterocycles. The zero-order chi connectivity index (χ0) is 13.2. The summed E-state index contributed by atoms with van der Waals surface area (Å²) in [6, 6.07) is 0. The predicted octanol–water partition coefficient (Wildman–Crippen LogP) is -0.462. The van der Waals surface area contributed by atoms with Crippen LogP contribution in [0.3, 0.4) is 0 Å². The molecule has 3 rings (SSSR count). The zero-order valence-corrected chi connectivity index (χ0v) is 10.7. The number of nitrogens with two attached hydrogens (primary N) is 1. The van der Waals surface area contributed by atoms with Crippen molar-refractivity contribution in [1.82, 2.24) is 24.2 Å². The monoisotopic (exact) mass is 262 g/mol. The van der Waals surface area contributed by atoms with Crippen LogP contribution in [0.25, 0.3) is 0 Å². The molecule has 0 saturated heterocycles. The van der Waals surface area contributed by atoms with Crippen LogP contribution in [0.5, 0.6) is 0 Å². The van der Waals surface area contributed by atoms with Gasteiger partial charge in [0.1, 0.15) is 5.82 Å². The smallest absolute Gasteiger partial charge is 0.122 e. The van der Waals surface area contributed by atoms with Crippen LogP contribution in [-0.4, -0.2) is 48.5 Å². The fourth-order valence-electron chi connectivity index (χ4n) is 2.43. The number of aliphatic hydroxyl groups is 1. The van der Waals surface area contributed by atoms with Crippen molar-refractivity contribution in [2.45, 2.75) is 25.7 Å². The number of rotatable bonds is 4. The molecular weight excluding hydrogens is 244 g/mol. The molecule has 1 aliphatic heterocycles. The Morgan fingerprint density at radius 2 is 2.26 bits per heavy atom. The molecule has 2 aromatic rings. The Kier molecular flexibility index (Phi) is 3.22. The number of nitrogens with zero attached hydrogens (tertiary/aromatic N) is 5. The molecule has 2 aromatic heterocycles. The first-order valence-corrected chi connectivity index (χ1v) is 6.39. The van der Waals surface area contributed by atoms with E-state index in [-0.39, 0.29) is 0 Å². The molecule has 19 heavy (non-hydrogen) atoms. The van der Waals surface area contributed by atoms with Crippen molar-refractivity contribution in [3.05, 3.63) is 30.6 Å². The lowest BCUT2D eigenvalue weighted by Gasteiger charge is -2.29. The van der Waals surface area contributed by atoms with E-state index in [1.807, 2.05) is 12.4 Å². The van der Waals surface area contributed by atoms with Gasteiger partial charge in [-0.05, 0) is 0 Å². The number of hydrogen-bond donors (Lipinski definition) is 2. The molecule has 7 heteroatoms. The molecule has 0 fully saturated rings. The second-order valence-electron chi connectivity index (χ2n) is 4.92. The van der Waals surface area contributed by atoms with E-state index in [0.29, 0.717) is 18.8 Å². The average Bonchev–Trinajstić information content (AvgIpc) is 2.97. The third kappa shape index (κ3) is 2.77. The summed E-state index contributed by atoms with van der Waals surface area (Å²) in [7, 11) is 0. The number of β-amino-alcohol motifs (C(OH)–C–C–N with tert-alkyl or cyclic N) is 1. The van der Waals surface area contributed by atoms with Crippen molar-refractivity contribution in [3.8, 4) is 0 Å². The number of fused-ring (bicyclic) bond motifs is 1. The fourth-order valence-corrected chi connectivity index (χ4v) is 2.43. The van der Waals surface area contributed by atoms with Gasteiger partial charge in [-0.3, -0.25) is 9.58 Å². The molecule has 1 aliphatic rings. The maximum absolute atomic E-state index is 10.1. The topological polar surface area (TPSA) is 85.1 Å². The largest absolute Gasteiger partial charge is 0.396 e. The number of anilines is 1. The lowest BCUT2D eigenvalue weighted by Crippen LogP contribution is -2.40. The summed E-state index contributed by atoms with van der Waals surface area (Å²) in [5, 5.41) is 14.2. The van der Waals surface area contributed by atoms with Crippen LogP contribution in [0.15, 0.2) is 24.8 Å². The number of nitrogen functional groups attached to an aromatic ring is 1. The molecule has 1 unspecified atom stereocenters. The van der Waals surface area contributed by atoms with Gasteiger partial charge in [-0.1, -0.05) is 0 Å². The van der Waals surface area contributed by atoms with Gasteiger partial charge >= 0.3 is 0 Å². The van der Waals surface area contributed by atoms with Gasteiger partial charge in [0.15, 0.2) is 0 Å². The van der Waals surface area contributed by atoms with Crippen molar-refractivity contribution in [2.24, 2.45) is 0 Å². The van der Waals surface area contributed by atoms with Crippen molar-refractivity contribution >= 4 is 5.69 Å². The van der Waals surface area contributed by atoms with E-state index in [1.165, 1.54) is 0 Å². The second-order valence-corrected chi connectivity index (χ2v) is 4.92. The van der Waals surface area contributed by atoms with Gasteiger partial charge in [-0.2, -0.15) is 5.10 Å². The number of aromatic nitrogens is 4. The Balaban J connectivity index is 1.54. The maximum Gasteiger partial charge on any atom is 0.122 e.